The second kappa shape index (κ2) is 12.3. The van der Waals surface area contributed by atoms with E-state index in [-0.39, 0.29) is 5.82 Å². The number of hydrogen-bond donors (Lipinski definition) is 0. The SMILES string of the molecule is CCCCCC(=O)CC.Fc1ccccc1OCc1ccccc1. The number of unbranched alkanes of at least 4 members (excludes halogenated alkanes) is 2. The van der Waals surface area contributed by atoms with E-state index in [0.717, 1.165) is 18.4 Å². The smallest absolute Gasteiger partial charge is 0.165 e. The van der Waals surface area contributed by atoms with E-state index < -0.39 is 0 Å². The molecule has 0 unspecified atom stereocenters. The average molecular weight is 330 g/mol. The van der Waals surface area contributed by atoms with Gasteiger partial charge < -0.3 is 4.74 Å². The molecule has 2 nitrogen and oxygen atoms in total. The molecular formula is C21H27FO2. The van der Waals surface area contributed by atoms with E-state index >= 15 is 0 Å². The third-order valence-corrected chi connectivity index (χ3v) is 3.53. The highest BCUT2D eigenvalue weighted by molar-refractivity contribution is 5.77. The molecule has 2 aromatic carbocycles. The summed E-state index contributed by atoms with van der Waals surface area (Å²) in [6, 6.07) is 16.1. The number of para-hydroxylation sites is 1. The van der Waals surface area contributed by atoms with E-state index in [0.29, 0.717) is 24.6 Å². The van der Waals surface area contributed by atoms with Crippen LogP contribution in [0.5, 0.6) is 5.75 Å². The van der Waals surface area contributed by atoms with Crippen LogP contribution in [0.3, 0.4) is 0 Å². The van der Waals surface area contributed by atoms with Gasteiger partial charge in [-0.05, 0) is 24.1 Å². The van der Waals surface area contributed by atoms with Crippen LogP contribution in [-0.4, -0.2) is 5.78 Å². The lowest BCUT2D eigenvalue weighted by atomic mass is 10.1. The van der Waals surface area contributed by atoms with Gasteiger partial charge in [-0.15, -0.1) is 0 Å². The summed E-state index contributed by atoms with van der Waals surface area (Å²) in [5, 5.41) is 0. The Hall–Kier alpha value is -2.16. The fourth-order valence-corrected chi connectivity index (χ4v) is 2.05. The van der Waals surface area contributed by atoms with Gasteiger partial charge in [-0.25, -0.2) is 4.39 Å². The first-order valence-electron chi connectivity index (χ1n) is 8.60. The Balaban J connectivity index is 0.000000277. The maximum absolute atomic E-state index is 13.2. The summed E-state index contributed by atoms with van der Waals surface area (Å²) in [5.41, 5.74) is 1.03. The Morgan fingerprint density at radius 1 is 0.958 bits per heavy atom. The van der Waals surface area contributed by atoms with E-state index in [1.54, 1.807) is 18.2 Å². The molecule has 0 saturated heterocycles. The first kappa shape index (κ1) is 19.9. The molecule has 0 spiro atoms. The Kier molecular flexibility index (Phi) is 10.2. The molecule has 3 heteroatoms. The molecule has 2 rings (SSSR count). The molecule has 0 aromatic heterocycles. The molecule has 0 saturated carbocycles. The second-order valence-electron chi connectivity index (χ2n) is 5.55. The van der Waals surface area contributed by atoms with Crippen molar-refractivity contribution < 1.29 is 13.9 Å². The molecule has 0 bridgehead atoms. The zero-order valence-electron chi connectivity index (χ0n) is 14.6. The number of ether oxygens (including phenoxy) is 1. The molecule has 130 valence electrons. The number of Topliss-reactive ketones (excluding diaryl/α,β-unsaturated/α-hetero) is 1. The molecule has 2 aromatic rings. The molecule has 24 heavy (non-hydrogen) atoms. The first-order valence-corrected chi connectivity index (χ1v) is 8.60. The van der Waals surface area contributed by atoms with Crippen LogP contribution in [0.4, 0.5) is 4.39 Å². The fourth-order valence-electron chi connectivity index (χ4n) is 2.05. The van der Waals surface area contributed by atoms with Crippen molar-refractivity contribution in [3.8, 4) is 5.75 Å². The van der Waals surface area contributed by atoms with Gasteiger partial charge in [-0.1, -0.05) is 69.2 Å². The van der Waals surface area contributed by atoms with Crippen molar-refractivity contribution in [2.24, 2.45) is 0 Å². The monoisotopic (exact) mass is 330 g/mol. The van der Waals surface area contributed by atoms with Gasteiger partial charge in [0.1, 0.15) is 12.4 Å². The predicted molar refractivity (Wildman–Crippen MR) is 96.6 cm³/mol. The van der Waals surface area contributed by atoms with E-state index in [2.05, 4.69) is 6.92 Å². The van der Waals surface area contributed by atoms with Gasteiger partial charge in [0.15, 0.2) is 11.6 Å². The van der Waals surface area contributed by atoms with Crippen molar-refractivity contribution in [3.05, 3.63) is 66.0 Å². The minimum Gasteiger partial charge on any atom is -0.486 e. The van der Waals surface area contributed by atoms with Crippen LogP contribution in [0.25, 0.3) is 0 Å². The first-order chi connectivity index (χ1) is 11.7. The highest BCUT2D eigenvalue weighted by Gasteiger charge is 2.00. The van der Waals surface area contributed by atoms with E-state index in [9.17, 15) is 9.18 Å². The predicted octanol–water partition coefficient (Wildman–Crippen LogP) is 5.95. The number of carbonyl (C=O) groups excluding carboxylic acids is 1. The minimum atomic E-state index is -0.326. The summed E-state index contributed by atoms with van der Waals surface area (Å²) < 4.78 is 18.5. The number of carbonyl (C=O) groups is 1. The second-order valence-corrected chi connectivity index (χ2v) is 5.55. The zero-order valence-corrected chi connectivity index (χ0v) is 14.6. The van der Waals surface area contributed by atoms with Crippen LogP contribution in [0, 0.1) is 5.82 Å². The Morgan fingerprint density at radius 2 is 1.62 bits per heavy atom. The highest BCUT2D eigenvalue weighted by Crippen LogP contribution is 2.16. The molecule has 0 aliphatic heterocycles. The lowest BCUT2D eigenvalue weighted by Crippen LogP contribution is -1.96. The highest BCUT2D eigenvalue weighted by atomic mass is 19.1. The van der Waals surface area contributed by atoms with Gasteiger partial charge in [0, 0.05) is 12.8 Å². The van der Waals surface area contributed by atoms with Crippen LogP contribution in [0.1, 0.15) is 51.5 Å². The summed E-state index contributed by atoms with van der Waals surface area (Å²) in [6.07, 6.45) is 5.00. The van der Waals surface area contributed by atoms with Gasteiger partial charge in [-0.2, -0.15) is 0 Å². The maximum atomic E-state index is 13.2. The molecule has 0 atom stereocenters. The van der Waals surface area contributed by atoms with E-state index in [1.165, 1.54) is 18.9 Å². The fraction of sp³-hybridized carbons (Fsp3) is 0.381. The van der Waals surface area contributed by atoms with Crippen molar-refractivity contribution in [2.75, 3.05) is 0 Å². The molecule has 0 N–H and O–H groups in total. The van der Waals surface area contributed by atoms with Crippen LogP contribution >= 0.6 is 0 Å². The van der Waals surface area contributed by atoms with Gasteiger partial charge in [0.05, 0.1) is 0 Å². The zero-order chi connectivity index (χ0) is 17.6. The third-order valence-electron chi connectivity index (χ3n) is 3.53. The average Bonchev–Trinajstić information content (AvgIpc) is 2.62. The standard InChI is InChI=1S/C13H11FO.C8H16O/c14-12-8-4-5-9-13(12)15-10-11-6-2-1-3-7-11;1-3-5-6-7-8(9)4-2/h1-9H,10H2;3-7H2,1-2H3. The molecule has 0 heterocycles. The van der Waals surface area contributed by atoms with Crippen molar-refractivity contribution in [2.45, 2.75) is 52.6 Å². The van der Waals surface area contributed by atoms with E-state index in [4.69, 9.17) is 4.74 Å². The van der Waals surface area contributed by atoms with Crippen molar-refractivity contribution in [3.63, 3.8) is 0 Å². The normalized spacial score (nSPS) is 9.79. The summed E-state index contributed by atoms with van der Waals surface area (Å²) in [5.74, 6) is 0.373. The van der Waals surface area contributed by atoms with Crippen LogP contribution < -0.4 is 4.74 Å². The van der Waals surface area contributed by atoms with Crippen LogP contribution in [0.15, 0.2) is 54.6 Å². The lowest BCUT2D eigenvalue weighted by Gasteiger charge is -2.06. The third kappa shape index (κ3) is 8.47. The number of rotatable bonds is 8. The quantitative estimate of drug-likeness (QED) is 0.559. The number of hydrogen-bond acceptors (Lipinski definition) is 2. The molecule has 0 radical (unpaired) electrons. The van der Waals surface area contributed by atoms with Crippen molar-refractivity contribution in [1.82, 2.24) is 0 Å². The number of ketones is 1. The Labute approximate surface area is 144 Å². The lowest BCUT2D eigenvalue weighted by molar-refractivity contribution is -0.118. The van der Waals surface area contributed by atoms with E-state index in [1.807, 2.05) is 37.3 Å². The van der Waals surface area contributed by atoms with Gasteiger partial charge in [0.2, 0.25) is 0 Å². The minimum absolute atomic E-state index is 0.293. The van der Waals surface area contributed by atoms with Crippen molar-refractivity contribution in [1.29, 1.82) is 0 Å². The summed E-state index contributed by atoms with van der Waals surface area (Å²) in [7, 11) is 0. The maximum Gasteiger partial charge on any atom is 0.165 e. The molecule has 0 fully saturated rings. The summed E-state index contributed by atoms with van der Waals surface area (Å²) in [4.78, 5) is 10.7. The summed E-state index contributed by atoms with van der Waals surface area (Å²) >= 11 is 0. The molecular weight excluding hydrogens is 303 g/mol. The van der Waals surface area contributed by atoms with Gasteiger partial charge in [0.25, 0.3) is 0 Å². The molecule has 0 aliphatic rings. The van der Waals surface area contributed by atoms with Crippen LogP contribution in [0.2, 0.25) is 0 Å². The van der Waals surface area contributed by atoms with Gasteiger partial charge >= 0.3 is 0 Å². The number of halogens is 1. The number of benzene rings is 2. The molecule has 0 amide bonds. The largest absolute Gasteiger partial charge is 0.486 e. The Morgan fingerprint density at radius 3 is 2.25 bits per heavy atom. The summed E-state index contributed by atoms with van der Waals surface area (Å²) in [6.45, 7) is 4.46. The Bertz CT molecular complexity index is 581. The van der Waals surface area contributed by atoms with Crippen LogP contribution in [-0.2, 0) is 11.4 Å². The molecule has 0 aliphatic carbocycles. The topological polar surface area (TPSA) is 26.3 Å². The van der Waals surface area contributed by atoms with Gasteiger partial charge in [-0.3, -0.25) is 4.79 Å². The van der Waals surface area contributed by atoms with Crippen molar-refractivity contribution >= 4 is 5.78 Å².